The third-order valence-electron chi connectivity index (χ3n) is 3.36. The van der Waals surface area contributed by atoms with E-state index in [1.54, 1.807) is 30.3 Å². The molecule has 0 aromatic heterocycles. The van der Waals surface area contributed by atoms with Gasteiger partial charge >= 0.3 is 6.18 Å². The van der Waals surface area contributed by atoms with Gasteiger partial charge in [-0.1, -0.05) is 60.4 Å². The van der Waals surface area contributed by atoms with E-state index in [-0.39, 0.29) is 10.5 Å². The van der Waals surface area contributed by atoms with Gasteiger partial charge in [-0.25, -0.2) is 0 Å². The first-order valence-electron chi connectivity index (χ1n) is 6.87. The van der Waals surface area contributed by atoms with E-state index >= 15 is 0 Å². The lowest BCUT2D eigenvalue weighted by atomic mass is 10.1. The number of alkyl halides is 3. The molecule has 0 atom stereocenters. The molecule has 3 rings (SSSR count). The Kier molecular flexibility index (Phi) is 4.47. The van der Waals surface area contributed by atoms with E-state index in [1.807, 2.05) is 0 Å². The highest BCUT2D eigenvalue weighted by Crippen LogP contribution is 2.38. The van der Waals surface area contributed by atoms with E-state index in [4.69, 9.17) is 12.2 Å². The molecule has 1 heterocycles. The highest BCUT2D eigenvalue weighted by atomic mass is 32.2. The molecule has 1 amide bonds. The number of anilines is 1. The molecule has 1 aliphatic heterocycles. The predicted octanol–water partition coefficient (Wildman–Crippen LogP) is 5.11. The number of hydrogen-bond acceptors (Lipinski definition) is 3. The first-order valence-corrected chi connectivity index (χ1v) is 8.09. The number of hydrogen-bond donors (Lipinski definition) is 0. The van der Waals surface area contributed by atoms with Gasteiger partial charge in [-0.15, -0.1) is 0 Å². The fourth-order valence-electron chi connectivity index (χ4n) is 2.29. The van der Waals surface area contributed by atoms with Crippen LogP contribution in [0.25, 0.3) is 6.08 Å². The number of thioether (sulfide) groups is 1. The molecule has 7 heteroatoms. The summed E-state index contributed by atoms with van der Waals surface area (Å²) >= 11 is 6.20. The summed E-state index contributed by atoms with van der Waals surface area (Å²) in [6.07, 6.45) is -3.25. The van der Waals surface area contributed by atoms with Crippen LogP contribution in [0, 0.1) is 0 Å². The van der Waals surface area contributed by atoms with Crippen LogP contribution >= 0.6 is 24.0 Å². The lowest BCUT2D eigenvalue weighted by Gasteiger charge is -2.14. The normalized spacial score (nSPS) is 17.0. The summed E-state index contributed by atoms with van der Waals surface area (Å²) in [6, 6.07) is 13.9. The quantitative estimate of drug-likeness (QED) is 0.545. The summed E-state index contributed by atoms with van der Waals surface area (Å²) in [4.78, 5) is 14.0. The van der Waals surface area contributed by atoms with Gasteiger partial charge in [0.05, 0.1) is 16.2 Å². The second kappa shape index (κ2) is 6.41. The van der Waals surface area contributed by atoms with Crippen molar-refractivity contribution < 1.29 is 18.0 Å². The number of benzene rings is 2. The van der Waals surface area contributed by atoms with Crippen molar-refractivity contribution in [2.24, 2.45) is 0 Å². The SMILES string of the molecule is O=C1C(=Cc2ccccc2C(F)(F)F)SC(=S)N1c1ccccc1. The standard InChI is InChI=1S/C17H10F3NOS2/c18-17(19,20)13-9-5-4-6-11(13)10-14-15(22)21(16(23)24-14)12-7-2-1-3-8-12/h1-10H. The Morgan fingerprint density at radius 3 is 2.29 bits per heavy atom. The highest BCUT2D eigenvalue weighted by Gasteiger charge is 2.36. The van der Waals surface area contributed by atoms with Gasteiger partial charge in [0, 0.05) is 0 Å². The Hall–Kier alpha value is -2.12. The average molecular weight is 365 g/mol. The number of thiocarbonyl (C=S) groups is 1. The number of nitrogens with zero attached hydrogens (tertiary/aromatic N) is 1. The Bertz CT molecular complexity index is 831. The van der Waals surface area contributed by atoms with Crippen molar-refractivity contribution in [2.75, 3.05) is 4.90 Å². The van der Waals surface area contributed by atoms with Crippen LogP contribution in [0.4, 0.5) is 18.9 Å². The number of carbonyl (C=O) groups excluding carboxylic acids is 1. The third kappa shape index (κ3) is 3.22. The molecular formula is C17H10F3NOS2. The van der Waals surface area contributed by atoms with E-state index in [0.29, 0.717) is 10.0 Å². The first-order chi connectivity index (χ1) is 11.4. The van der Waals surface area contributed by atoms with Gasteiger partial charge in [0.1, 0.15) is 0 Å². The van der Waals surface area contributed by atoms with Crippen LogP contribution in [0.3, 0.4) is 0 Å². The van der Waals surface area contributed by atoms with E-state index in [0.717, 1.165) is 17.8 Å². The van der Waals surface area contributed by atoms with Crippen molar-refractivity contribution in [3.05, 3.63) is 70.6 Å². The second-order valence-corrected chi connectivity index (χ2v) is 6.61. The number of carbonyl (C=O) groups is 1. The number of para-hydroxylation sites is 1. The maximum Gasteiger partial charge on any atom is 0.416 e. The predicted molar refractivity (Wildman–Crippen MR) is 93.5 cm³/mol. The number of halogens is 3. The molecule has 24 heavy (non-hydrogen) atoms. The molecule has 0 saturated carbocycles. The largest absolute Gasteiger partial charge is 0.416 e. The van der Waals surface area contributed by atoms with E-state index < -0.39 is 17.6 Å². The minimum atomic E-state index is -4.49. The van der Waals surface area contributed by atoms with Gasteiger partial charge in [-0.05, 0) is 29.8 Å². The number of amides is 1. The van der Waals surface area contributed by atoms with E-state index in [9.17, 15) is 18.0 Å². The minimum Gasteiger partial charge on any atom is -0.268 e. The molecule has 1 fully saturated rings. The zero-order valence-corrected chi connectivity index (χ0v) is 13.7. The molecular weight excluding hydrogens is 355 g/mol. The van der Waals surface area contributed by atoms with Crippen LogP contribution < -0.4 is 4.90 Å². The molecule has 2 aromatic rings. The fourth-order valence-corrected chi connectivity index (χ4v) is 3.58. The highest BCUT2D eigenvalue weighted by molar-refractivity contribution is 8.27. The summed E-state index contributed by atoms with van der Waals surface area (Å²) in [5.41, 5.74) is -0.249. The fraction of sp³-hybridized carbons (Fsp3) is 0.0588. The maximum absolute atomic E-state index is 13.1. The lowest BCUT2D eigenvalue weighted by molar-refractivity contribution is -0.137. The molecule has 0 aliphatic carbocycles. The molecule has 0 unspecified atom stereocenters. The molecule has 2 nitrogen and oxygen atoms in total. The van der Waals surface area contributed by atoms with Gasteiger partial charge in [0.2, 0.25) is 0 Å². The van der Waals surface area contributed by atoms with Crippen LogP contribution in [0.15, 0.2) is 59.5 Å². The Labute approximate surface area is 146 Å². The van der Waals surface area contributed by atoms with Crippen molar-refractivity contribution in [3.8, 4) is 0 Å². The van der Waals surface area contributed by atoms with Gasteiger partial charge < -0.3 is 0 Å². The van der Waals surface area contributed by atoms with Crippen molar-refractivity contribution in [2.45, 2.75) is 6.18 Å². The monoisotopic (exact) mass is 365 g/mol. The molecule has 1 saturated heterocycles. The summed E-state index contributed by atoms with van der Waals surface area (Å²) < 4.78 is 39.5. The van der Waals surface area contributed by atoms with Gasteiger partial charge in [-0.2, -0.15) is 13.2 Å². The van der Waals surface area contributed by atoms with E-state index in [2.05, 4.69) is 0 Å². The Balaban J connectivity index is 1.99. The lowest BCUT2D eigenvalue weighted by Crippen LogP contribution is -2.27. The molecule has 1 aliphatic rings. The van der Waals surface area contributed by atoms with Gasteiger partial charge in [0.25, 0.3) is 5.91 Å². The van der Waals surface area contributed by atoms with Gasteiger partial charge in [0.15, 0.2) is 4.32 Å². The van der Waals surface area contributed by atoms with Crippen molar-refractivity contribution in [3.63, 3.8) is 0 Å². The Morgan fingerprint density at radius 2 is 1.62 bits per heavy atom. The van der Waals surface area contributed by atoms with E-state index in [1.165, 1.54) is 29.2 Å². The molecule has 0 bridgehead atoms. The van der Waals surface area contributed by atoms with Crippen LogP contribution in [0.1, 0.15) is 11.1 Å². The topological polar surface area (TPSA) is 20.3 Å². The van der Waals surface area contributed by atoms with Crippen LogP contribution in [-0.2, 0) is 11.0 Å². The molecule has 0 radical (unpaired) electrons. The maximum atomic E-state index is 13.1. The molecule has 0 spiro atoms. The summed E-state index contributed by atoms with van der Waals surface area (Å²) in [7, 11) is 0. The van der Waals surface area contributed by atoms with Crippen molar-refractivity contribution in [1.29, 1.82) is 0 Å². The Morgan fingerprint density at radius 1 is 1.00 bits per heavy atom. The summed E-state index contributed by atoms with van der Waals surface area (Å²) in [6.45, 7) is 0. The summed E-state index contributed by atoms with van der Waals surface area (Å²) in [5.74, 6) is -0.423. The summed E-state index contributed by atoms with van der Waals surface area (Å²) in [5, 5.41) is 0. The first kappa shape index (κ1) is 16.7. The molecule has 122 valence electrons. The molecule has 2 aromatic carbocycles. The molecule has 0 N–H and O–H groups in total. The van der Waals surface area contributed by atoms with Crippen molar-refractivity contribution >= 4 is 46.0 Å². The zero-order valence-electron chi connectivity index (χ0n) is 12.1. The smallest absolute Gasteiger partial charge is 0.268 e. The number of rotatable bonds is 2. The van der Waals surface area contributed by atoms with Crippen molar-refractivity contribution in [1.82, 2.24) is 0 Å². The minimum absolute atomic E-state index is 0.0569. The second-order valence-electron chi connectivity index (χ2n) is 4.94. The van der Waals surface area contributed by atoms with Crippen LogP contribution in [-0.4, -0.2) is 10.2 Å². The van der Waals surface area contributed by atoms with Gasteiger partial charge in [-0.3, -0.25) is 9.69 Å². The average Bonchev–Trinajstić information content (AvgIpc) is 2.82. The van der Waals surface area contributed by atoms with Crippen LogP contribution in [0.2, 0.25) is 0 Å². The zero-order chi connectivity index (χ0) is 17.3. The van der Waals surface area contributed by atoms with Crippen LogP contribution in [0.5, 0.6) is 0 Å². The third-order valence-corrected chi connectivity index (χ3v) is 4.66.